The number of carbonyl (C=O) groups is 1. The van der Waals surface area contributed by atoms with Gasteiger partial charge in [-0.2, -0.15) is 0 Å². The van der Waals surface area contributed by atoms with Crippen LogP contribution in [0.1, 0.15) is 27.7 Å². The fraction of sp³-hybridized carbons (Fsp3) is 0.562. The smallest absolute Gasteiger partial charge is 0.233 e. The summed E-state index contributed by atoms with van der Waals surface area (Å²) in [5.41, 5.74) is 7.43. The topological polar surface area (TPSA) is 55.6 Å². The summed E-state index contributed by atoms with van der Waals surface area (Å²) in [5, 5.41) is 0. The Morgan fingerprint density at radius 3 is 2.40 bits per heavy atom. The Kier molecular flexibility index (Phi) is 4.33. The largest absolute Gasteiger partial charge is 0.397 e. The minimum atomic E-state index is -0.107. The van der Waals surface area contributed by atoms with Gasteiger partial charge in [-0.05, 0) is 38.8 Å². The zero-order valence-corrected chi connectivity index (χ0v) is 12.7. The highest BCUT2D eigenvalue weighted by Gasteiger charge is 2.43. The average Bonchev–Trinajstić information content (AvgIpc) is 2.66. The van der Waals surface area contributed by atoms with Crippen LogP contribution in [0.4, 0.5) is 11.4 Å². The minimum absolute atomic E-state index is 0.0495. The van der Waals surface area contributed by atoms with E-state index in [1.807, 2.05) is 45.0 Å². The van der Waals surface area contributed by atoms with Gasteiger partial charge in [0.05, 0.1) is 29.5 Å². The first-order chi connectivity index (χ1) is 9.47. The van der Waals surface area contributed by atoms with Crippen molar-refractivity contribution in [3.05, 3.63) is 24.3 Å². The maximum absolute atomic E-state index is 12.9. The van der Waals surface area contributed by atoms with Gasteiger partial charge in [-0.3, -0.25) is 4.79 Å². The zero-order valence-electron chi connectivity index (χ0n) is 12.7. The van der Waals surface area contributed by atoms with Crippen LogP contribution in [-0.2, 0) is 9.53 Å². The Bertz CT molecular complexity index is 489. The lowest BCUT2D eigenvalue weighted by Gasteiger charge is -2.28. The second-order valence-electron chi connectivity index (χ2n) is 5.57. The Balaban J connectivity index is 2.29. The molecule has 4 heteroatoms. The van der Waals surface area contributed by atoms with E-state index in [4.69, 9.17) is 10.5 Å². The van der Waals surface area contributed by atoms with Crippen molar-refractivity contribution in [1.82, 2.24) is 0 Å². The molecule has 1 aromatic carbocycles. The summed E-state index contributed by atoms with van der Waals surface area (Å²) in [6, 6.07) is 7.50. The molecule has 0 aromatic heterocycles. The number of amides is 1. The number of carbonyl (C=O) groups excluding carboxylic acids is 1. The van der Waals surface area contributed by atoms with Crippen LogP contribution < -0.4 is 10.6 Å². The monoisotopic (exact) mass is 276 g/mol. The molecule has 2 N–H and O–H groups in total. The van der Waals surface area contributed by atoms with E-state index in [0.29, 0.717) is 12.2 Å². The fourth-order valence-electron chi connectivity index (χ4n) is 3.05. The highest BCUT2D eigenvalue weighted by molar-refractivity contribution is 5.98. The molecule has 1 saturated heterocycles. The highest BCUT2D eigenvalue weighted by atomic mass is 16.5. The van der Waals surface area contributed by atoms with Crippen LogP contribution in [0, 0.1) is 11.8 Å². The number of benzene rings is 1. The van der Waals surface area contributed by atoms with E-state index in [2.05, 4.69) is 6.92 Å². The van der Waals surface area contributed by atoms with Crippen LogP contribution >= 0.6 is 0 Å². The van der Waals surface area contributed by atoms with Gasteiger partial charge in [0.2, 0.25) is 5.91 Å². The third-order valence-electron chi connectivity index (χ3n) is 4.34. The minimum Gasteiger partial charge on any atom is -0.397 e. The van der Waals surface area contributed by atoms with Crippen LogP contribution in [0.2, 0.25) is 0 Å². The molecule has 110 valence electrons. The van der Waals surface area contributed by atoms with Gasteiger partial charge < -0.3 is 15.4 Å². The van der Waals surface area contributed by atoms with Crippen LogP contribution in [0.15, 0.2) is 24.3 Å². The van der Waals surface area contributed by atoms with E-state index >= 15 is 0 Å². The van der Waals surface area contributed by atoms with E-state index in [1.54, 1.807) is 4.90 Å². The van der Waals surface area contributed by atoms with Gasteiger partial charge in [-0.1, -0.05) is 19.1 Å². The Hall–Kier alpha value is -1.55. The first-order valence-corrected chi connectivity index (χ1v) is 7.28. The van der Waals surface area contributed by atoms with E-state index in [9.17, 15) is 4.79 Å². The van der Waals surface area contributed by atoms with Crippen molar-refractivity contribution in [3.8, 4) is 0 Å². The summed E-state index contributed by atoms with van der Waals surface area (Å²) in [6.45, 7) is 8.67. The number of hydrogen-bond acceptors (Lipinski definition) is 3. The third kappa shape index (κ3) is 2.52. The molecule has 1 aromatic rings. The number of nitrogen functional groups attached to an aromatic ring is 1. The number of nitrogens with two attached hydrogens (primary N) is 1. The van der Waals surface area contributed by atoms with E-state index in [1.165, 1.54) is 0 Å². The lowest BCUT2D eigenvalue weighted by molar-refractivity contribution is -0.124. The van der Waals surface area contributed by atoms with E-state index < -0.39 is 0 Å². The zero-order chi connectivity index (χ0) is 14.9. The van der Waals surface area contributed by atoms with Crippen molar-refractivity contribution >= 4 is 17.3 Å². The highest BCUT2D eigenvalue weighted by Crippen LogP contribution is 2.35. The SMILES string of the molecule is CCN(C(=O)C1C(C)OC(C)C1C)c1ccccc1N. The first-order valence-electron chi connectivity index (χ1n) is 7.28. The number of hydrogen-bond donors (Lipinski definition) is 1. The number of para-hydroxylation sites is 2. The molecule has 4 nitrogen and oxygen atoms in total. The Labute approximate surface area is 120 Å². The van der Waals surface area contributed by atoms with Crippen molar-refractivity contribution in [2.24, 2.45) is 11.8 Å². The molecule has 0 spiro atoms. The van der Waals surface area contributed by atoms with Crippen molar-refractivity contribution in [3.63, 3.8) is 0 Å². The summed E-state index contributed by atoms with van der Waals surface area (Å²) in [5.74, 6) is 0.218. The quantitative estimate of drug-likeness (QED) is 0.864. The maximum Gasteiger partial charge on any atom is 0.233 e. The molecule has 0 radical (unpaired) electrons. The van der Waals surface area contributed by atoms with Crippen LogP contribution in [-0.4, -0.2) is 24.7 Å². The number of ether oxygens (including phenoxy) is 1. The van der Waals surface area contributed by atoms with Crippen molar-refractivity contribution in [2.45, 2.75) is 39.9 Å². The van der Waals surface area contributed by atoms with Gasteiger partial charge >= 0.3 is 0 Å². The number of nitrogens with zero attached hydrogens (tertiary/aromatic N) is 1. The summed E-state index contributed by atoms with van der Waals surface area (Å²) in [4.78, 5) is 14.7. The van der Waals surface area contributed by atoms with Gasteiger partial charge in [-0.15, -0.1) is 0 Å². The molecule has 1 aliphatic heterocycles. The molecule has 1 aliphatic rings. The standard InChI is InChI=1S/C16H24N2O2/c1-5-18(14-9-7-6-8-13(14)17)16(19)15-10(2)11(3)20-12(15)4/h6-12,15H,5,17H2,1-4H3. The molecule has 0 aliphatic carbocycles. The van der Waals surface area contributed by atoms with Gasteiger partial charge in [0.15, 0.2) is 0 Å². The van der Waals surface area contributed by atoms with Crippen LogP contribution in [0.3, 0.4) is 0 Å². The Morgan fingerprint density at radius 2 is 1.90 bits per heavy atom. The van der Waals surface area contributed by atoms with E-state index in [0.717, 1.165) is 5.69 Å². The molecule has 0 bridgehead atoms. The summed E-state index contributed by atoms with van der Waals surface area (Å²) in [7, 11) is 0. The molecule has 2 rings (SSSR count). The fourth-order valence-corrected chi connectivity index (χ4v) is 3.05. The molecule has 1 fully saturated rings. The second-order valence-corrected chi connectivity index (χ2v) is 5.57. The molecule has 1 amide bonds. The third-order valence-corrected chi connectivity index (χ3v) is 4.34. The van der Waals surface area contributed by atoms with Crippen molar-refractivity contribution in [2.75, 3.05) is 17.2 Å². The lowest BCUT2D eigenvalue weighted by atomic mass is 9.88. The van der Waals surface area contributed by atoms with Crippen LogP contribution in [0.5, 0.6) is 0 Å². The lowest BCUT2D eigenvalue weighted by Crippen LogP contribution is -2.41. The predicted octanol–water partition coefficient (Wildman–Crippen LogP) is 2.68. The normalized spacial score (nSPS) is 29.4. The molecule has 1 heterocycles. The van der Waals surface area contributed by atoms with Gasteiger partial charge in [-0.25, -0.2) is 0 Å². The molecular weight excluding hydrogens is 252 g/mol. The van der Waals surface area contributed by atoms with Crippen molar-refractivity contribution < 1.29 is 9.53 Å². The van der Waals surface area contributed by atoms with Crippen molar-refractivity contribution in [1.29, 1.82) is 0 Å². The summed E-state index contributed by atoms with van der Waals surface area (Å²) < 4.78 is 5.79. The summed E-state index contributed by atoms with van der Waals surface area (Å²) in [6.07, 6.45) is 0.0669. The molecule has 4 unspecified atom stereocenters. The second kappa shape index (κ2) is 5.83. The van der Waals surface area contributed by atoms with E-state index in [-0.39, 0.29) is 30.0 Å². The number of rotatable bonds is 3. The average molecular weight is 276 g/mol. The summed E-state index contributed by atoms with van der Waals surface area (Å²) >= 11 is 0. The van der Waals surface area contributed by atoms with Crippen LogP contribution in [0.25, 0.3) is 0 Å². The molecule has 4 atom stereocenters. The first kappa shape index (κ1) is 14.9. The number of anilines is 2. The predicted molar refractivity (Wildman–Crippen MR) is 81.5 cm³/mol. The molecule has 20 heavy (non-hydrogen) atoms. The Morgan fingerprint density at radius 1 is 1.25 bits per heavy atom. The van der Waals surface area contributed by atoms with Gasteiger partial charge in [0.1, 0.15) is 0 Å². The molecular formula is C16H24N2O2. The maximum atomic E-state index is 12.9. The van der Waals surface area contributed by atoms with Gasteiger partial charge in [0, 0.05) is 6.54 Å². The van der Waals surface area contributed by atoms with Gasteiger partial charge in [0.25, 0.3) is 0 Å². The molecule has 0 saturated carbocycles.